The van der Waals surface area contributed by atoms with E-state index < -0.39 is 6.10 Å². The minimum absolute atomic E-state index is 0.106. The van der Waals surface area contributed by atoms with Crippen molar-refractivity contribution in [1.29, 1.82) is 0 Å². The van der Waals surface area contributed by atoms with Crippen LogP contribution in [0.3, 0.4) is 0 Å². The molecule has 0 aliphatic rings. The first-order chi connectivity index (χ1) is 10.5. The van der Waals surface area contributed by atoms with Crippen molar-refractivity contribution >= 4 is 22.7 Å². The summed E-state index contributed by atoms with van der Waals surface area (Å²) in [5.41, 5.74) is 24.8. The molecule has 0 saturated carbocycles. The van der Waals surface area contributed by atoms with Crippen molar-refractivity contribution in [1.82, 2.24) is 0 Å². The van der Waals surface area contributed by atoms with E-state index in [1.807, 2.05) is 0 Å². The highest BCUT2D eigenvalue weighted by molar-refractivity contribution is 5.61. The van der Waals surface area contributed by atoms with E-state index in [-0.39, 0.29) is 13.2 Å². The van der Waals surface area contributed by atoms with E-state index in [0.29, 0.717) is 34.2 Å². The molecule has 0 heterocycles. The molecule has 0 saturated heterocycles. The number of nitrogens with two attached hydrogens (primary N) is 4. The van der Waals surface area contributed by atoms with E-state index in [2.05, 4.69) is 0 Å². The van der Waals surface area contributed by atoms with E-state index in [9.17, 15) is 5.11 Å². The zero-order valence-corrected chi connectivity index (χ0v) is 12.0. The molecule has 0 aliphatic heterocycles. The van der Waals surface area contributed by atoms with Crippen LogP contribution in [0.5, 0.6) is 11.5 Å². The van der Waals surface area contributed by atoms with E-state index >= 15 is 0 Å². The van der Waals surface area contributed by atoms with E-state index in [4.69, 9.17) is 32.4 Å². The molecule has 118 valence electrons. The predicted molar refractivity (Wildman–Crippen MR) is 87.5 cm³/mol. The van der Waals surface area contributed by atoms with Crippen molar-refractivity contribution in [3.8, 4) is 11.5 Å². The smallest absolute Gasteiger partial charge is 0.156 e. The zero-order valence-electron chi connectivity index (χ0n) is 12.0. The number of hydrogen-bond donors (Lipinski definition) is 5. The van der Waals surface area contributed by atoms with Gasteiger partial charge in [0.1, 0.15) is 18.1 Å². The van der Waals surface area contributed by atoms with Crippen molar-refractivity contribution in [3.63, 3.8) is 0 Å². The molecule has 22 heavy (non-hydrogen) atoms. The summed E-state index contributed by atoms with van der Waals surface area (Å²) >= 11 is 0. The third-order valence-electron chi connectivity index (χ3n) is 2.99. The van der Waals surface area contributed by atoms with Gasteiger partial charge >= 0.3 is 0 Å². The largest absolute Gasteiger partial charge is 0.487 e. The highest BCUT2D eigenvalue weighted by Crippen LogP contribution is 2.26. The number of aliphatic hydroxyl groups excluding tert-OH is 1. The standard InChI is InChI=1S/C15H20N4O3/c16-9-1-3-14(12(18)5-9)21-8-11(7-20)22-15-4-2-10(17)6-13(15)19/h1-6,11,20H,7-8,16-19H2. The van der Waals surface area contributed by atoms with Crippen molar-refractivity contribution in [2.24, 2.45) is 0 Å². The van der Waals surface area contributed by atoms with Gasteiger partial charge < -0.3 is 37.5 Å². The van der Waals surface area contributed by atoms with Gasteiger partial charge in [-0.1, -0.05) is 0 Å². The van der Waals surface area contributed by atoms with Crippen molar-refractivity contribution < 1.29 is 14.6 Å². The molecule has 0 aromatic heterocycles. The third-order valence-corrected chi connectivity index (χ3v) is 2.99. The molecule has 0 spiro atoms. The normalized spacial score (nSPS) is 11.9. The Labute approximate surface area is 128 Å². The first-order valence-corrected chi connectivity index (χ1v) is 6.70. The fourth-order valence-electron chi connectivity index (χ4n) is 1.86. The van der Waals surface area contributed by atoms with Crippen LogP contribution in [-0.4, -0.2) is 24.4 Å². The highest BCUT2D eigenvalue weighted by Gasteiger charge is 2.13. The van der Waals surface area contributed by atoms with Crippen LogP contribution in [0.25, 0.3) is 0 Å². The molecule has 7 nitrogen and oxygen atoms in total. The highest BCUT2D eigenvalue weighted by atomic mass is 16.5. The average Bonchev–Trinajstić information content (AvgIpc) is 2.47. The molecule has 0 aliphatic carbocycles. The Morgan fingerprint density at radius 1 is 0.864 bits per heavy atom. The summed E-state index contributed by atoms with van der Waals surface area (Å²) in [5.74, 6) is 0.906. The molecule has 2 aromatic carbocycles. The van der Waals surface area contributed by atoms with Gasteiger partial charge in [-0.3, -0.25) is 0 Å². The first kappa shape index (κ1) is 15.6. The molecule has 0 radical (unpaired) electrons. The van der Waals surface area contributed by atoms with E-state index in [1.165, 1.54) is 0 Å². The lowest BCUT2D eigenvalue weighted by molar-refractivity contribution is 0.0726. The quantitative estimate of drug-likeness (QED) is 0.497. The van der Waals surface area contributed by atoms with Crippen LogP contribution in [-0.2, 0) is 0 Å². The summed E-state index contributed by atoms with van der Waals surface area (Å²) in [6.07, 6.45) is -0.595. The molecular weight excluding hydrogens is 284 g/mol. The van der Waals surface area contributed by atoms with Crippen LogP contribution in [0, 0.1) is 0 Å². The van der Waals surface area contributed by atoms with Crippen molar-refractivity contribution in [3.05, 3.63) is 36.4 Å². The van der Waals surface area contributed by atoms with Crippen LogP contribution in [0.1, 0.15) is 0 Å². The molecular formula is C15H20N4O3. The second-order valence-electron chi connectivity index (χ2n) is 4.83. The zero-order chi connectivity index (χ0) is 16.1. The minimum Gasteiger partial charge on any atom is -0.487 e. The SMILES string of the molecule is Nc1ccc(OCC(CO)Oc2ccc(N)cc2N)c(N)c1. The van der Waals surface area contributed by atoms with Gasteiger partial charge in [-0.15, -0.1) is 0 Å². The Morgan fingerprint density at radius 3 is 1.91 bits per heavy atom. The maximum absolute atomic E-state index is 9.40. The Morgan fingerprint density at radius 2 is 1.41 bits per heavy atom. The van der Waals surface area contributed by atoms with Crippen molar-refractivity contribution in [2.45, 2.75) is 6.10 Å². The maximum Gasteiger partial charge on any atom is 0.156 e. The van der Waals surface area contributed by atoms with Crippen LogP contribution in [0.4, 0.5) is 22.7 Å². The van der Waals surface area contributed by atoms with Gasteiger partial charge in [0.15, 0.2) is 6.10 Å². The number of benzene rings is 2. The van der Waals surface area contributed by atoms with Crippen LogP contribution in [0.2, 0.25) is 0 Å². The number of anilines is 4. The monoisotopic (exact) mass is 304 g/mol. The van der Waals surface area contributed by atoms with Gasteiger partial charge in [0, 0.05) is 11.4 Å². The number of rotatable bonds is 6. The molecule has 2 rings (SSSR count). The molecule has 0 amide bonds. The van der Waals surface area contributed by atoms with Crippen molar-refractivity contribution in [2.75, 3.05) is 36.1 Å². The molecule has 1 unspecified atom stereocenters. The minimum atomic E-state index is -0.595. The Hall–Kier alpha value is -2.80. The first-order valence-electron chi connectivity index (χ1n) is 6.70. The summed E-state index contributed by atoms with van der Waals surface area (Å²) < 4.78 is 11.2. The molecule has 1 atom stereocenters. The third kappa shape index (κ3) is 3.86. The average molecular weight is 304 g/mol. The second-order valence-corrected chi connectivity index (χ2v) is 4.83. The molecule has 0 bridgehead atoms. The summed E-state index contributed by atoms with van der Waals surface area (Å²) in [4.78, 5) is 0. The molecule has 7 heteroatoms. The van der Waals surface area contributed by atoms with Gasteiger partial charge in [0.05, 0.1) is 18.0 Å². The van der Waals surface area contributed by atoms with Gasteiger partial charge in [-0.05, 0) is 36.4 Å². The summed E-state index contributed by atoms with van der Waals surface area (Å²) in [7, 11) is 0. The van der Waals surface area contributed by atoms with Crippen LogP contribution in [0.15, 0.2) is 36.4 Å². The number of nitrogen functional groups attached to an aromatic ring is 4. The van der Waals surface area contributed by atoms with Crippen LogP contribution < -0.4 is 32.4 Å². The van der Waals surface area contributed by atoms with Crippen LogP contribution >= 0.6 is 0 Å². The summed E-state index contributed by atoms with van der Waals surface area (Å²) in [6.45, 7) is -0.132. The van der Waals surface area contributed by atoms with E-state index in [0.717, 1.165) is 0 Å². The van der Waals surface area contributed by atoms with Gasteiger partial charge in [-0.25, -0.2) is 0 Å². The fraction of sp³-hybridized carbons (Fsp3) is 0.200. The lowest BCUT2D eigenvalue weighted by Crippen LogP contribution is -2.29. The topological polar surface area (TPSA) is 143 Å². The fourth-order valence-corrected chi connectivity index (χ4v) is 1.86. The second kappa shape index (κ2) is 6.77. The number of aliphatic hydroxyl groups is 1. The lowest BCUT2D eigenvalue weighted by Gasteiger charge is -2.19. The molecule has 2 aromatic rings. The lowest BCUT2D eigenvalue weighted by atomic mass is 10.2. The predicted octanol–water partition coefficient (Wildman–Crippen LogP) is 0.834. The Balaban J connectivity index is 2.00. The number of hydrogen-bond acceptors (Lipinski definition) is 7. The van der Waals surface area contributed by atoms with Gasteiger partial charge in [-0.2, -0.15) is 0 Å². The Kier molecular flexibility index (Phi) is 4.80. The molecule has 9 N–H and O–H groups in total. The summed E-state index contributed by atoms with van der Waals surface area (Å²) in [5, 5.41) is 9.40. The van der Waals surface area contributed by atoms with E-state index in [1.54, 1.807) is 36.4 Å². The number of ether oxygens (including phenoxy) is 2. The summed E-state index contributed by atoms with van der Waals surface area (Å²) in [6, 6.07) is 9.84. The van der Waals surface area contributed by atoms with Gasteiger partial charge in [0.25, 0.3) is 0 Å². The Bertz CT molecular complexity index is 649. The maximum atomic E-state index is 9.40. The molecule has 0 fully saturated rings. The van der Waals surface area contributed by atoms with Gasteiger partial charge in [0.2, 0.25) is 0 Å².